The van der Waals surface area contributed by atoms with Gasteiger partial charge in [0.15, 0.2) is 11.5 Å². The van der Waals surface area contributed by atoms with Crippen LogP contribution in [0.4, 0.5) is 19.0 Å². The summed E-state index contributed by atoms with van der Waals surface area (Å²) in [4.78, 5) is 14.4. The molecule has 17 heavy (non-hydrogen) atoms. The third-order valence-electron chi connectivity index (χ3n) is 1.79. The summed E-state index contributed by atoms with van der Waals surface area (Å²) in [7, 11) is 0. The lowest BCUT2D eigenvalue weighted by Crippen LogP contribution is -2.30. The van der Waals surface area contributed by atoms with E-state index in [-0.39, 0.29) is 16.6 Å². The smallest absolute Gasteiger partial charge is 0.301 e. The molecule has 9 heteroatoms. The highest BCUT2D eigenvalue weighted by molar-refractivity contribution is 6.29. The molecule has 0 bridgehead atoms. The second-order valence-electron chi connectivity index (χ2n) is 3.04. The largest absolute Gasteiger partial charge is 0.471 e. The number of aromatic nitrogens is 3. The SMILES string of the molecule is O=C(Nc1cn2nc(Cl)ccc2n1)C(F)(F)F. The van der Waals surface area contributed by atoms with Crippen LogP contribution in [-0.2, 0) is 4.79 Å². The molecule has 2 aromatic rings. The molecule has 0 saturated carbocycles. The summed E-state index contributed by atoms with van der Waals surface area (Å²) in [6, 6.07) is 2.89. The minimum Gasteiger partial charge on any atom is -0.301 e. The number of carbonyl (C=O) groups is 1. The van der Waals surface area contributed by atoms with Crippen molar-refractivity contribution in [1.82, 2.24) is 14.6 Å². The zero-order valence-corrected chi connectivity index (χ0v) is 8.75. The van der Waals surface area contributed by atoms with Gasteiger partial charge >= 0.3 is 12.1 Å². The van der Waals surface area contributed by atoms with Gasteiger partial charge in [0.2, 0.25) is 0 Å². The van der Waals surface area contributed by atoms with E-state index in [0.29, 0.717) is 0 Å². The first-order valence-corrected chi connectivity index (χ1v) is 4.64. The van der Waals surface area contributed by atoms with Gasteiger partial charge in [0, 0.05) is 0 Å². The van der Waals surface area contributed by atoms with E-state index in [0.717, 1.165) is 10.7 Å². The van der Waals surface area contributed by atoms with Crippen molar-refractivity contribution in [1.29, 1.82) is 0 Å². The summed E-state index contributed by atoms with van der Waals surface area (Å²) >= 11 is 5.58. The Morgan fingerprint density at radius 2 is 2.12 bits per heavy atom. The highest BCUT2D eigenvalue weighted by atomic mass is 35.5. The molecule has 90 valence electrons. The van der Waals surface area contributed by atoms with Crippen LogP contribution in [-0.4, -0.2) is 26.7 Å². The third-order valence-corrected chi connectivity index (χ3v) is 1.99. The standard InChI is InChI=1S/C8H4ClF3N4O/c9-4-1-2-6-13-5(3-16(6)15-4)14-7(17)8(10,11)12/h1-3H,(H,14,17). The maximum Gasteiger partial charge on any atom is 0.471 e. The van der Waals surface area contributed by atoms with Gasteiger partial charge in [0.25, 0.3) is 0 Å². The number of imidazole rings is 1. The predicted octanol–water partition coefficient (Wildman–Crippen LogP) is 1.88. The fraction of sp³-hybridized carbons (Fsp3) is 0.125. The Labute approximate surface area is 97.2 Å². The van der Waals surface area contributed by atoms with E-state index in [1.165, 1.54) is 12.1 Å². The van der Waals surface area contributed by atoms with E-state index in [9.17, 15) is 18.0 Å². The maximum atomic E-state index is 12.0. The van der Waals surface area contributed by atoms with Gasteiger partial charge in [0.1, 0.15) is 5.15 Å². The first-order chi connectivity index (χ1) is 7.86. The van der Waals surface area contributed by atoms with Gasteiger partial charge in [-0.05, 0) is 12.1 Å². The molecule has 2 rings (SSSR count). The molecule has 0 fully saturated rings. The number of anilines is 1. The van der Waals surface area contributed by atoms with Gasteiger partial charge in [-0.1, -0.05) is 11.6 Å². The van der Waals surface area contributed by atoms with E-state index in [1.807, 2.05) is 0 Å². The Morgan fingerprint density at radius 1 is 1.41 bits per heavy atom. The van der Waals surface area contributed by atoms with Crippen molar-refractivity contribution in [3.05, 3.63) is 23.5 Å². The molecule has 2 heterocycles. The quantitative estimate of drug-likeness (QED) is 0.855. The summed E-state index contributed by atoms with van der Waals surface area (Å²) in [5, 5.41) is 5.52. The van der Waals surface area contributed by atoms with Crippen LogP contribution < -0.4 is 5.32 Å². The van der Waals surface area contributed by atoms with Crippen LogP contribution >= 0.6 is 11.6 Å². The van der Waals surface area contributed by atoms with Crippen LogP contribution in [0.3, 0.4) is 0 Å². The number of alkyl halides is 3. The number of nitrogens with one attached hydrogen (secondary N) is 1. The van der Waals surface area contributed by atoms with Crippen molar-refractivity contribution < 1.29 is 18.0 Å². The number of hydrogen-bond acceptors (Lipinski definition) is 3. The van der Waals surface area contributed by atoms with Gasteiger partial charge in [0.05, 0.1) is 6.20 Å². The molecule has 0 aliphatic heterocycles. The zero-order chi connectivity index (χ0) is 12.6. The minimum atomic E-state index is -4.96. The Bertz CT molecular complexity index is 580. The van der Waals surface area contributed by atoms with Crippen LogP contribution in [0, 0.1) is 0 Å². The molecule has 0 atom stereocenters. The minimum absolute atomic E-state index is 0.156. The van der Waals surface area contributed by atoms with Crippen LogP contribution in [0.5, 0.6) is 0 Å². The number of amides is 1. The second-order valence-corrected chi connectivity index (χ2v) is 3.42. The molecule has 0 aliphatic rings. The fourth-order valence-corrected chi connectivity index (χ4v) is 1.25. The maximum absolute atomic E-state index is 12.0. The Balaban J connectivity index is 2.29. The number of hydrogen-bond donors (Lipinski definition) is 1. The number of halogens is 4. The van der Waals surface area contributed by atoms with E-state index in [2.05, 4.69) is 10.1 Å². The van der Waals surface area contributed by atoms with Crippen molar-refractivity contribution in [3.8, 4) is 0 Å². The average Bonchev–Trinajstić information content (AvgIpc) is 2.57. The molecule has 1 N–H and O–H groups in total. The van der Waals surface area contributed by atoms with Crippen LogP contribution in [0.25, 0.3) is 5.65 Å². The number of fused-ring (bicyclic) bond motifs is 1. The Hall–Kier alpha value is -1.83. The summed E-state index contributed by atoms with van der Waals surface area (Å²) in [5.74, 6) is -2.34. The molecular weight excluding hydrogens is 261 g/mol. The lowest BCUT2D eigenvalue weighted by molar-refractivity contribution is -0.167. The molecule has 0 aromatic carbocycles. The summed E-state index contributed by atoms with van der Waals surface area (Å²) in [6.45, 7) is 0. The van der Waals surface area contributed by atoms with Gasteiger partial charge in [-0.2, -0.15) is 18.3 Å². The Morgan fingerprint density at radius 3 is 2.76 bits per heavy atom. The molecule has 0 saturated heterocycles. The van der Waals surface area contributed by atoms with Crippen molar-refractivity contribution in [2.24, 2.45) is 0 Å². The van der Waals surface area contributed by atoms with Gasteiger partial charge in [-0.15, -0.1) is 0 Å². The van der Waals surface area contributed by atoms with Gasteiger partial charge in [-0.3, -0.25) is 4.79 Å². The van der Waals surface area contributed by atoms with Crippen LogP contribution in [0.1, 0.15) is 0 Å². The lowest BCUT2D eigenvalue weighted by Gasteiger charge is -2.03. The van der Waals surface area contributed by atoms with Crippen molar-refractivity contribution >= 4 is 29.0 Å². The fourth-order valence-electron chi connectivity index (χ4n) is 1.11. The molecular formula is C8H4ClF3N4O. The van der Waals surface area contributed by atoms with Gasteiger partial charge < -0.3 is 5.32 Å². The summed E-state index contributed by atoms with van der Waals surface area (Å²) in [5.41, 5.74) is 0.270. The summed E-state index contributed by atoms with van der Waals surface area (Å²) < 4.78 is 37.1. The lowest BCUT2D eigenvalue weighted by atomic mass is 10.5. The van der Waals surface area contributed by atoms with Crippen LogP contribution in [0.15, 0.2) is 18.3 Å². The molecule has 0 radical (unpaired) electrons. The molecule has 5 nitrogen and oxygen atoms in total. The third kappa shape index (κ3) is 2.47. The van der Waals surface area contributed by atoms with Crippen molar-refractivity contribution in [2.45, 2.75) is 6.18 Å². The van der Waals surface area contributed by atoms with Crippen molar-refractivity contribution in [3.63, 3.8) is 0 Å². The van der Waals surface area contributed by atoms with Gasteiger partial charge in [-0.25, -0.2) is 9.50 Å². The molecule has 0 aliphatic carbocycles. The van der Waals surface area contributed by atoms with E-state index in [1.54, 1.807) is 5.32 Å². The number of carbonyl (C=O) groups excluding carboxylic acids is 1. The first kappa shape index (κ1) is 11.6. The van der Waals surface area contributed by atoms with E-state index >= 15 is 0 Å². The highest BCUT2D eigenvalue weighted by Gasteiger charge is 2.39. The molecule has 2 aromatic heterocycles. The van der Waals surface area contributed by atoms with E-state index in [4.69, 9.17) is 11.6 Å². The zero-order valence-electron chi connectivity index (χ0n) is 7.99. The number of nitrogens with zero attached hydrogens (tertiary/aromatic N) is 3. The van der Waals surface area contributed by atoms with E-state index < -0.39 is 12.1 Å². The Kier molecular flexibility index (Phi) is 2.66. The monoisotopic (exact) mass is 264 g/mol. The van der Waals surface area contributed by atoms with Crippen LogP contribution in [0.2, 0.25) is 5.15 Å². The average molecular weight is 265 g/mol. The molecule has 1 amide bonds. The first-order valence-electron chi connectivity index (χ1n) is 4.26. The molecule has 0 spiro atoms. The number of rotatable bonds is 1. The van der Waals surface area contributed by atoms with Crippen molar-refractivity contribution in [2.75, 3.05) is 5.32 Å². The topological polar surface area (TPSA) is 59.3 Å². The molecule has 0 unspecified atom stereocenters. The predicted molar refractivity (Wildman–Crippen MR) is 52.7 cm³/mol. The normalized spacial score (nSPS) is 11.8. The summed E-state index contributed by atoms with van der Waals surface area (Å²) in [6.07, 6.45) is -3.83. The highest BCUT2D eigenvalue weighted by Crippen LogP contribution is 2.18. The second kappa shape index (κ2) is 3.88.